The summed E-state index contributed by atoms with van der Waals surface area (Å²) in [7, 11) is 0. The molecular formula is C12H14N4OS. The summed E-state index contributed by atoms with van der Waals surface area (Å²) in [5.41, 5.74) is 6.54. The third-order valence-corrected chi connectivity index (χ3v) is 3.93. The van der Waals surface area contributed by atoms with E-state index in [-0.39, 0.29) is 5.69 Å². The number of benzene rings is 1. The summed E-state index contributed by atoms with van der Waals surface area (Å²) >= 11 is 1.50. The molecule has 18 heavy (non-hydrogen) atoms. The van der Waals surface area contributed by atoms with Gasteiger partial charge in [0.1, 0.15) is 0 Å². The van der Waals surface area contributed by atoms with Crippen LogP contribution in [0.4, 0.5) is 0 Å². The van der Waals surface area contributed by atoms with E-state index in [9.17, 15) is 4.79 Å². The van der Waals surface area contributed by atoms with Gasteiger partial charge in [-0.05, 0) is 42.3 Å². The van der Waals surface area contributed by atoms with Gasteiger partial charge < -0.3 is 5.73 Å². The Morgan fingerprint density at radius 2 is 2.11 bits per heavy atom. The molecule has 0 saturated heterocycles. The molecule has 0 bridgehead atoms. The van der Waals surface area contributed by atoms with E-state index in [4.69, 9.17) is 5.73 Å². The molecular weight excluding hydrogens is 248 g/mol. The molecule has 1 saturated carbocycles. The molecule has 3 rings (SSSR count). The Kier molecular flexibility index (Phi) is 2.97. The summed E-state index contributed by atoms with van der Waals surface area (Å²) in [6.45, 7) is 0.542. The maximum absolute atomic E-state index is 11.6. The first kappa shape index (κ1) is 11.6. The minimum atomic E-state index is -0.112. The number of hydrogen-bond donors (Lipinski definition) is 2. The molecule has 1 fully saturated rings. The van der Waals surface area contributed by atoms with Gasteiger partial charge in [-0.3, -0.25) is 4.57 Å². The Balaban J connectivity index is 1.85. The van der Waals surface area contributed by atoms with Gasteiger partial charge in [-0.2, -0.15) is 0 Å². The average Bonchev–Trinajstić information content (AvgIpc) is 3.16. The fourth-order valence-corrected chi connectivity index (χ4v) is 2.72. The number of rotatable bonds is 4. The van der Waals surface area contributed by atoms with Crippen molar-refractivity contribution in [2.24, 2.45) is 5.73 Å². The van der Waals surface area contributed by atoms with Crippen molar-refractivity contribution in [1.82, 2.24) is 14.8 Å². The second-order valence-electron chi connectivity index (χ2n) is 4.36. The zero-order valence-corrected chi connectivity index (χ0v) is 10.6. The molecule has 0 unspecified atom stereocenters. The Morgan fingerprint density at radius 3 is 2.72 bits per heavy atom. The quantitative estimate of drug-likeness (QED) is 0.875. The lowest BCUT2D eigenvalue weighted by atomic mass is 10.2. The average molecular weight is 262 g/mol. The maximum atomic E-state index is 11.6. The van der Waals surface area contributed by atoms with Crippen molar-refractivity contribution >= 4 is 11.8 Å². The highest BCUT2D eigenvalue weighted by Crippen LogP contribution is 2.37. The number of aromatic nitrogens is 3. The van der Waals surface area contributed by atoms with Crippen molar-refractivity contribution in [3.05, 3.63) is 40.3 Å². The van der Waals surface area contributed by atoms with E-state index in [2.05, 4.69) is 10.2 Å². The number of nitrogens with one attached hydrogen (secondary N) is 1. The second-order valence-corrected chi connectivity index (χ2v) is 5.40. The minimum Gasteiger partial charge on any atom is -0.326 e. The first-order valence-corrected chi connectivity index (χ1v) is 6.73. The summed E-state index contributed by atoms with van der Waals surface area (Å²) in [5.74, 6) is 0. The topological polar surface area (TPSA) is 76.7 Å². The van der Waals surface area contributed by atoms with E-state index in [1.807, 2.05) is 24.3 Å². The van der Waals surface area contributed by atoms with Gasteiger partial charge >= 0.3 is 5.69 Å². The molecule has 1 aromatic carbocycles. The van der Waals surface area contributed by atoms with Gasteiger partial charge in [-0.15, -0.1) is 5.10 Å². The van der Waals surface area contributed by atoms with Crippen LogP contribution >= 0.6 is 11.8 Å². The number of hydrogen-bond acceptors (Lipinski definition) is 4. The normalized spacial score (nSPS) is 14.9. The van der Waals surface area contributed by atoms with Gasteiger partial charge in [0, 0.05) is 17.5 Å². The molecule has 0 atom stereocenters. The van der Waals surface area contributed by atoms with Gasteiger partial charge in [0.25, 0.3) is 0 Å². The molecule has 2 aromatic rings. The van der Waals surface area contributed by atoms with Gasteiger partial charge in [0.2, 0.25) is 0 Å². The Bertz CT molecular complexity index is 597. The molecule has 94 valence electrons. The van der Waals surface area contributed by atoms with Gasteiger partial charge in [0.15, 0.2) is 5.16 Å². The molecule has 0 spiro atoms. The number of nitrogens with two attached hydrogens (primary N) is 1. The SMILES string of the molecule is NCc1ccc(Sc2n[nH]c(=O)n2C2CC2)cc1. The van der Waals surface area contributed by atoms with Crippen LogP contribution < -0.4 is 11.4 Å². The van der Waals surface area contributed by atoms with Crippen molar-refractivity contribution < 1.29 is 0 Å². The van der Waals surface area contributed by atoms with Crippen LogP contribution in [0.25, 0.3) is 0 Å². The zero-order valence-electron chi connectivity index (χ0n) is 9.80. The second kappa shape index (κ2) is 4.62. The number of aromatic amines is 1. The molecule has 1 aliphatic carbocycles. The Morgan fingerprint density at radius 1 is 1.39 bits per heavy atom. The van der Waals surface area contributed by atoms with Crippen LogP contribution in [0.1, 0.15) is 24.4 Å². The molecule has 1 heterocycles. The Hall–Kier alpha value is -1.53. The summed E-state index contributed by atoms with van der Waals surface area (Å²) in [5, 5.41) is 7.34. The van der Waals surface area contributed by atoms with Crippen molar-refractivity contribution in [2.75, 3.05) is 0 Å². The highest BCUT2D eigenvalue weighted by atomic mass is 32.2. The first-order valence-electron chi connectivity index (χ1n) is 5.91. The molecule has 0 amide bonds. The lowest BCUT2D eigenvalue weighted by Gasteiger charge is -2.04. The number of nitrogens with zero attached hydrogens (tertiary/aromatic N) is 2. The molecule has 1 aliphatic rings. The first-order chi connectivity index (χ1) is 8.78. The van der Waals surface area contributed by atoms with Crippen molar-refractivity contribution in [3.63, 3.8) is 0 Å². The van der Waals surface area contributed by atoms with Gasteiger partial charge in [-0.25, -0.2) is 9.89 Å². The summed E-state index contributed by atoms with van der Waals surface area (Å²) in [6, 6.07) is 8.33. The van der Waals surface area contributed by atoms with E-state index in [1.165, 1.54) is 11.8 Å². The van der Waals surface area contributed by atoms with Crippen molar-refractivity contribution in [2.45, 2.75) is 35.5 Å². The fourth-order valence-electron chi connectivity index (χ4n) is 1.82. The standard InChI is InChI=1S/C12H14N4OS/c13-7-8-1-5-10(6-2-8)18-12-15-14-11(17)16(12)9-3-4-9/h1-2,5-6,9H,3-4,7,13H2,(H,14,17). The van der Waals surface area contributed by atoms with E-state index in [0.29, 0.717) is 12.6 Å². The van der Waals surface area contributed by atoms with E-state index in [0.717, 1.165) is 28.5 Å². The predicted molar refractivity (Wildman–Crippen MR) is 69.6 cm³/mol. The van der Waals surface area contributed by atoms with Crippen LogP contribution in [0.5, 0.6) is 0 Å². The largest absolute Gasteiger partial charge is 0.344 e. The molecule has 6 heteroatoms. The lowest BCUT2D eigenvalue weighted by Crippen LogP contribution is -2.15. The molecule has 5 nitrogen and oxygen atoms in total. The number of H-pyrrole nitrogens is 1. The van der Waals surface area contributed by atoms with Crippen LogP contribution in [0, 0.1) is 0 Å². The van der Waals surface area contributed by atoms with Crippen LogP contribution in [0.2, 0.25) is 0 Å². The van der Waals surface area contributed by atoms with E-state index >= 15 is 0 Å². The fraction of sp³-hybridized carbons (Fsp3) is 0.333. The smallest absolute Gasteiger partial charge is 0.326 e. The summed E-state index contributed by atoms with van der Waals surface area (Å²) in [6.07, 6.45) is 2.14. The summed E-state index contributed by atoms with van der Waals surface area (Å²) < 4.78 is 1.75. The van der Waals surface area contributed by atoms with E-state index < -0.39 is 0 Å². The minimum absolute atomic E-state index is 0.112. The van der Waals surface area contributed by atoms with Crippen LogP contribution in [0.15, 0.2) is 39.1 Å². The molecule has 3 N–H and O–H groups in total. The highest BCUT2D eigenvalue weighted by molar-refractivity contribution is 7.99. The third-order valence-electron chi connectivity index (χ3n) is 2.95. The van der Waals surface area contributed by atoms with Crippen LogP contribution in [0.3, 0.4) is 0 Å². The van der Waals surface area contributed by atoms with Crippen molar-refractivity contribution in [3.8, 4) is 0 Å². The zero-order chi connectivity index (χ0) is 12.5. The van der Waals surface area contributed by atoms with Crippen molar-refractivity contribution in [1.29, 1.82) is 0 Å². The molecule has 0 radical (unpaired) electrons. The third kappa shape index (κ3) is 2.21. The highest BCUT2D eigenvalue weighted by Gasteiger charge is 2.28. The molecule has 0 aliphatic heterocycles. The van der Waals surface area contributed by atoms with Gasteiger partial charge in [0.05, 0.1) is 0 Å². The monoisotopic (exact) mass is 262 g/mol. The maximum Gasteiger partial charge on any atom is 0.344 e. The van der Waals surface area contributed by atoms with Gasteiger partial charge in [-0.1, -0.05) is 12.1 Å². The molecule has 1 aromatic heterocycles. The lowest BCUT2D eigenvalue weighted by molar-refractivity contribution is 0.642. The van der Waals surface area contributed by atoms with E-state index in [1.54, 1.807) is 4.57 Å². The Labute approximate surface area is 108 Å². The van der Waals surface area contributed by atoms with Crippen LogP contribution in [-0.2, 0) is 6.54 Å². The predicted octanol–water partition coefficient (Wildman–Crippen LogP) is 1.52. The van der Waals surface area contributed by atoms with Crippen LogP contribution in [-0.4, -0.2) is 14.8 Å². The summed E-state index contributed by atoms with van der Waals surface area (Å²) in [4.78, 5) is 12.7.